The van der Waals surface area contributed by atoms with E-state index < -0.39 is 17.6 Å². The molecule has 0 N–H and O–H groups in total. The highest BCUT2D eigenvalue weighted by Crippen LogP contribution is 2.58. The molecule has 1 aliphatic heterocycles. The highest BCUT2D eigenvalue weighted by molar-refractivity contribution is 7.89. The molecular formula is C10H20NO5PS. The molecule has 0 saturated carbocycles. The van der Waals surface area contributed by atoms with E-state index in [0.717, 1.165) is 4.31 Å². The van der Waals surface area contributed by atoms with Crippen LogP contribution in [0.1, 0.15) is 27.2 Å². The van der Waals surface area contributed by atoms with Gasteiger partial charge in [-0.2, -0.15) is 0 Å². The third kappa shape index (κ3) is 3.15. The van der Waals surface area contributed by atoms with E-state index >= 15 is 0 Å². The highest BCUT2D eigenvalue weighted by Gasteiger charge is 2.40. The fourth-order valence-electron chi connectivity index (χ4n) is 1.85. The Hall–Kier alpha value is -0.360. The first-order chi connectivity index (χ1) is 8.41. The molecule has 0 aromatic heterocycles. The van der Waals surface area contributed by atoms with Crippen molar-refractivity contribution in [2.24, 2.45) is 0 Å². The van der Waals surface area contributed by atoms with Crippen LogP contribution in [-0.4, -0.2) is 38.2 Å². The molecule has 0 radical (unpaired) electrons. The van der Waals surface area contributed by atoms with Gasteiger partial charge in [0.2, 0.25) is 10.0 Å². The lowest BCUT2D eigenvalue weighted by molar-refractivity contribution is 0.221. The summed E-state index contributed by atoms with van der Waals surface area (Å²) < 4.78 is 47.9. The molecule has 0 aliphatic carbocycles. The summed E-state index contributed by atoms with van der Waals surface area (Å²) in [4.78, 5) is 0. The lowest BCUT2D eigenvalue weighted by Gasteiger charge is -2.26. The minimum atomic E-state index is -3.55. The molecule has 0 aromatic rings. The molecule has 106 valence electrons. The standard InChI is InChI=1S/C10H20NO5PS/c1-4-10(11-8-7-9-18(11,13)14)17(12,15-5-2)16-6-3/h4H,5-9H2,1-3H3/b10-4-. The SMILES string of the molecule is C/C=C(/N1CCCS1(=O)=O)P(=O)(OCC)OCC. The first-order valence-corrected chi connectivity index (χ1v) is 9.13. The van der Waals surface area contributed by atoms with Crippen LogP contribution in [-0.2, 0) is 23.6 Å². The number of sulfonamides is 1. The van der Waals surface area contributed by atoms with E-state index in [1.807, 2.05) is 0 Å². The van der Waals surface area contributed by atoms with Crippen molar-refractivity contribution in [3.05, 3.63) is 11.5 Å². The van der Waals surface area contributed by atoms with Crippen LogP contribution in [0.3, 0.4) is 0 Å². The highest BCUT2D eigenvalue weighted by atomic mass is 32.2. The Morgan fingerprint density at radius 2 is 1.89 bits per heavy atom. The Morgan fingerprint density at radius 1 is 1.33 bits per heavy atom. The minimum Gasteiger partial charge on any atom is -0.304 e. The van der Waals surface area contributed by atoms with Crippen molar-refractivity contribution in [3.63, 3.8) is 0 Å². The molecule has 1 rings (SSSR count). The van der Waals surface area contributed by atoms with E-state index in [0.29, 0.717) is 13.0 Å². The van der Waals surface area contributed by atoms with Gasteiger partial charge in [0, 0.05) is 6.54 Å². The van der Waals surface area contributed by atoms with Crippen molar-refractivity contribution < 1.29 is 22.0 Å². The fraction of sp³-hybridized carbons (Fsp3) is 0.800. The van der Waals surface area contributed by atoms with E-state index in [1.165, 1.54) is 6.08 Å². The van der Waals surface area contributed by atoms with Crippen molar-refractivity contribution in [1.29, 1.82) is 0 Å². The summed E-state index contributed by atoms with van der Waals surface area (Å²) in [7, 11) is -6.94. The largest absolute Gasteiger partial charge is 0.377 e. The molecule has 0 amide bonds. The van der Waals surface area contributed by atoms with Crippen LogP contribution in [0.15, 0.2) is 11.5 Å². The van der Waals surface area contributed by atoms with Crippen LogP contribution >= 0.6 is 7.60 Å². The predicted molar refractivity (Wildman–Crippen MR) is 69.7 cm³/mol. The molecular weight excluding hydrogens is 277 g/mol. The Kier molecular flexibility index (Phi) is 5.40. The van der Waals surface area contributed by atoms with Gasteiger partial charge in [-0.3, -0.25) is 8.87 Å². The van der Waals surface area contributed by atoms with E-state index in [1.54, 1.807) is 20.8 Å². The normalized spacial score (nSPS) is 20.4. The number of rotatable bonds is 6. The smallest absolute Gasteiger partial charge is 0.304 e. The molecule has 8 heteroatoms. The molecule has 0 atom stereocenters. The Morgan fingerprint density at radius 3 is 2.22 bits per heavy atom. The van der Waals surface area contributed by atoms with Gasteiger partial charge in [0.1, 0.15) is 5.44 Å². The maximum absolute atomic E-state index is 12.6. The molecule has 1 aliphatic rings. The molecule has 1 saturated heterocycles. The zero-order valence-corrected chi connectivity index (χ0v) is 12.7. The van der Waals surface area contributed by atoms with Crippen LogP contribution < -0.4 is 0 Å². The van der Waals surface area contributed by atoms with Crippen molar-refractivity contribution in [2.45, 2.75) is 27.2 Å². The molecule has 1 heterocycles. The Balaban J connectivity index is 3.12. The van der Waals surface area contributed by atoms with Gasteiger partial charge >= 0.3 is 7.60 Å². The average molecular weight is 297 g/mol. The summed E-state index contributed by atoms with van der Waals surface area (Å²) in [5.41, 5.74) is 0.128. The van der Waals surface area contributed by atoms with Gasteiger partial charge < -0.3 is 9.05 Å². The Bertz CT molecular complexity index is 449. The van der Waals surface area contributed by atoms with Gasteiger partial charge in [0.05, 0.1) is 19.0 Å². The van der Waals surface area contributed by atoms with E-state index in [4.69, 9.17) is 9.05 Å². The molecule has 0 aromatic carbocycles. The van der Waals surface area contributed by atoms with Gasteiger partial charge in [-0.15, -0.1) is 0 Å². The summed E-state index contributed by atoms with van der Waals surface area (Å²) in [5.74, 6) is 0.0720. The average Bonchev–Trinajstić information content (AvgIpc) is 2.60. The number of hydrogen-bond acceptors (Lipinski definition) is 5. The molecule has 1 fully saturated rings. The third-order valence-electron chi connectivity index (χ3n) is 2.49. The second-order valence-electron chi connectivity index (χ2n) is 3.72. The van der Waals surface area contributed by atoms with Crippen LogP contribution in [0.25, 0.3) is 0 Å². The summed E-state index contributed by atoms with van der Waals surface area (Å²) in [6.45, 7) is 5.74. The van der Waals surface area contributed by atoms with E-state index in [-0.39, 0.29) is 24.4 Å². The number of nitrogens with zero attached hydrogens (tertiary/aromatic N) is 1. The van der Waals surface area contributed by atoms with Gasteiger partial charge in [0.15, 0.2) is 0 Å². The summed E-state index contributed by atoms with van der Waals surface area (Å²) in [6, 6.07) is 0. The quantitative estimate of drug-likeness (QED) is 0.702. The van der Waals surface area contributed by atoms with Crippen molar-refractivity contribution in [3.8, 4) is 0 Å². The Labute approximate surface area is 109 Å². The van der Waals surface area contributed by atoms with Crippen molar-refractivity contribution >= 4 is 17.6 Å². The minimum absolute atomic E-state index is 0.0720. The molecule has 0 spiro atoms. The first-order valence-electron chi connectivity index (χ1n) is 5.97. The summed E-state index contributed by atoms with van der Waals surface area (Å²) >= 11 is 0. The van der Waals surface area contributed by atoms with Crippen LogP contribution in [0, 0.1) is 0 Å². The topological polar surface area (TPSA) is 72.9 Å². The summed E-state index contributed by atoms with van der Waals surface area (Å²) in [6.07, 6.45) is 2.02. The predicted octanol–water partition coefficient (Wildman–Crippen LogP) is 2.15. The zero-order valence-electron chi connectivity index (χ0n) is 11.0. The lowest BCUT2D eigenvalue weighted by atomic mass is 10.5. The maximum atomic E-state index is 12.6. The monoisotopic (exact) mass is 297 g/mol. The molecule has 18 heavy (non-hydrogen) atoms. The third-order valence-corrected chi connectivity index (χ3v) is 6.74. The second-order valence-corrected chi connectivity index (χ2v) is 7.70. The van der Waals surface area contributed by atoms with E-state index in [2.05, 4.69) is 0 Å². The second kappa shape index (κ2) is 6.19. The summed E-state index contributed by atoms with van der Waals surface area (Å²) in [5, 5.41) is 0. The molecule has 0 unspecified atom stereocenters. The van der Waals surface area contributed by atoms with Crippen LogP contribution in [0.5, 0.6) is 0 Å². The number of hydrogen-bond donors (Lipinski definition) is 0. The van der Waals surface area contributed by atoms with Gasteiger partial charge in [-0.25, -0.2) is 8.42 Å². The first kappa shape index (κ1) is 15.7. The van der Waals surface area contributed by atoms with Crippen molar-refractivity contribution in [1.82, 2.24) is 4.31 Å². The van der Waals surface area contributed by atoms with Gasteiger partial charge in [0.25, 0.3) is 0 Å². The van der Waals surface area contributed by atoms with Crippen LogP contribution in [0.2, 0.25) is 0 Å². The fourth-order valence-corrected chi connectivity index (χ4v) is 5.74. The van der Waals surface area contributed by atoms with E-state index in [9.17, 15) is 13.0 Å². The molecule has 6 nitrogen and oxygen atoms in total. The van der Waals surface area contributed by atoms with Gasteiger partial charge in [-0.1, -0.05) is 6.08 Å². The lowest BCUT2D eigenvalue weighted by Crippen LogP contribution is -2.26. The number of allylic oxidation sites excluding steroid dienone is 1. The van der Waals surface area contributed by atoms with Gasteiger partial charge in [-0.05, 0) is 27.2 Å². The van der Waals surface area contributed by atoms with Crippen LogP contribution in [0.4, 0.5) is 0 Å². The molecule has 0 bridgehead atoms. The van der Waals surface area contributed by atoms with Crippen molar-refractivity contribution in [2.75, 3.05) is 25.5 Å². The maximum Gasteiger partial charge on any atom is 0.377 e. The zero-order chi connectivity index (χ0) is 13.8.